The number of nitrogen functional groups attached to an aromatic ring is 1. The maximum Gasteiger partial charge on any atom is 0.220 e. The highest BCUT2D eigenvalue weighted by Crippen LogP contribution is 2.36. The second-order valence-corrected chi connectivity index (χ2v) is 4.94. The lowest BCUT2D eigenvalue weighted by Gasteiger charge is -2.26. The fraction of sp³-hybridized carbons (Fsp3) is 0.333. The first-order valence-corrected chi connectivity index (χ1v) is 6.62. The summed E-state index contributed by atoms with van der Waals surface area (Å²) in [6.45, 7) is 0.664. The normalized spacial score (nSPS) is 17.1. The largest absolute Gasteiger partial charge is 0.493 e. The Kier molecular flexibility index (Phi) is 3.41. The van der Waals surface area contributed by atoms with Gasteiger partial charge in [0.15, 0.2) is 11.5 Å². The second kappa shape index (κ2) is 5.36. The van der Waals surface area contributed by atoms with Gasteiger partial charge in [-0.15, -0.1) is 0 Å². The molecule has 1 aliphatic rings. The third-order valence-corrected chi connectivity index (χ3v) is 3.48. The Morgan fingerprint density at radius 1 is 1.40 bits per heavy atom. The molecule has 2 heterocycles. The molecular weight excluding hydrogens is 254 g/mol. The van der Waals surface area contributed by atoms with Crippen molar-refractivity contribution in [2.24, 2.45) is 5.92 Å². The lowest BCUT2D eigenvalue weighted by molar-refractivity contribution is 0.210. The maximum atomic E-state index is 5.86. The first-order valence-electron chi connectivity index (χ1n) is 6.62. The molecule has 0 unspecified atom stereocenters. The molecule has 0 fully saturated rings. The molecule has 0 saturated carbocycles. The zero-order chi connectivity index (χ0) is 13.9. The molecule has 5 heteroatoms. The molecular formula is C15H17N3O2. The van der Waals surface area contributed by atoms with Gasteiger partial charge in [0.25, 0.3) is 0 Å². The van der Waals surface area contributed by atoms with Crippen LogP contribution in [0.15, 0.2) is 30.5 Å². The van der Waals surface area contributed by atoms with Crippen molar-refractivity contribution in [3.05, 3.63) is 41.7 Å². The van der Waals surface area contributed by atoms with Crippen LogP contribution in [0.2, 0.25) is 0 Å². The van der Waals surface area contributed by atoms with Gasteiger partial charge in [0, 0.05) is 17.8 Å². The fourth-order valence-corrected chi connectivity index (χ4v) is 2.57. The third-order valence-electron chi connectivity index (χ3n) is 3.48. The van der Waals surface area contributed by atoms with Crippen molar-refractivity contribution in [3.63, 3.8) is 0 Å². The molecule has 104 valence electrons. The van der Waals surface area contributed by atoms with E-state index in [1.807, 2.05) is 18.2 Å². The average Bonchev–Trinajstić information content (AvgIpc) is 2.46. The van der Waals surface area contributed by atoms with Gasteiger partial charge < -0.3 is 15.2 Å². The molecule has 0 spiro atoms. The zero-order valence-electron chi connectivity index (χ0n) is 11.4. The summed E-state index contributed by atoms with van der Waals surface area (Å²) >= 11 is 0. The third kappa shape index (κ3) is 2.52. The van der Waals surface area contributed by atoms with Crippen LogP contribution < -0.4 is 15.2 Å². The molecule has 0 aliphatic carbocycles. The van der Waals surface area contributed by atoms with Gasteiger partial charge in [-0.1, -0.05) is 12.1 Å². The molecule has 1 aromatic carbocycles. The standard InChI is InChI=1S/C15H17N3O2/c1-19-13-4-2-3-11-7-10(9-20-14(11)13)8-12-5-6-17-15(16)18-12/h2-6,10H,7-9H2,1H3,(H2,16,17,18)/t10-/m1/s1. The van der Waals surface area contributed by atoms with Crippen LogP contribution in [0.3, 0.4) is 0 Å². The predicted octanol–water partition coefficient (Wildman–Crippen LogP) is 1.86. The van der Waals surface area contributed by atoms with Gasteiger partial charge in [-0.3, -0.25) is 0 Å². The summed E-state index contributed by atoms with van der Waals surface area (Å²) in [6, 6.07) is 7.90. The number of nitrogens with two attached hydrogens (primary N) is 1. The van der Waals surface area contributed by atoms with Crippen LogP contribution in [-0.4, -0.2) is 23.7 Å². The highest BCUT2D eigenvalue weighted by atomic mass is 16.5. The lowest BCUT2D eigenvalue weighted by atomic mass is 9.92. The molecule has 0 saturated heterocycles. The SMILES string of the molecule is COc1cccc2c1OC[C@@H](Cc1ccnc(N)n1)C2. The summed E-state index contributed by atoms with van der Waals surface area (Å²) in [5, 5.41) is 0. The van der Waals surface area contributed by atoms with Gasteiger partial charge in [0.2, 0.25) is 5.95 Å². The fourth-order valence-electron chi connectivity index (χ4n) is 2.57. The van der Waals surface area contributed by atoms with Gasteiger partial charge in [-0.05, 0) is 30.5 Å². The number of methoxy groups -OCH3 is 1. The molecule has 2 aromatic rings. The van der Waals surface area contributed by atoms with Crippen molar-refractivity contribution < 1.29 is 9.47 Å². The van der Waals surface area contributed by atoms with Crippen LogP contribution in [0.1, 0.15) is 11.3 Å². The Hall–Kier alpha value is -2.30. The van der Waals surface area contributed by atoms with E-state index in [1.165, 1.54) is 5.56 Å². The Balaban J connectivity index is 1.76. The molecule has 5 nitrogen and oxygen atoms in total. The minimum absolute atomic E-state index is 0.321. The number of anilines is 1. The molecule has 2 N–H and O–H groups in total. The van der Waals surface area contributed by atoms with Gasteiger partial charge in [0.05, 0.1) is 13.7 Å². The van der Waals surface area contributed by atoms with E-state index in [9.17, 15) is 0 Å². The Labute approximate surface area is 117 Å². The van der Waals surface area contributed by atoms with Crippen LogP contribution in [0.5, 0.6) is 11.5 Å². The van der Waals surface area contributed by atoms with Crippen molar-refractivity contribution >= 4 is 5.95 Å². The number of benzene rings is 1. The van der Waals surface area contributed by atoms with Crippen molar-refractivity contribution in [2.75, 3.05) is 19.5 Å². The average molecular weight is 271 g/mol. The summed E-state index contributed by atoms with van der Waals surface area (Å²) in [5.41, 5.74) is 7.75. The maximum absolute atomic E-state index is 5.86. The number of hydrogen-bond donors (Lipinski definition) is 1. The Morgan fingerprint density at radius 2 is 2.30 bits per heavy atom. The van der Waals surface area contributed by atoms with Crippen molar-refractivity contribution in [1.29, 1.82) is 0 Å². The molecule has 1 aliphatic heterocycles. The van der Waals surface area contributed by atoms with Crippen molar-refractivity contribution in [1.82, 2.24) is 9.97 Å². The van der Waals surface area contributed by atoms with E-state index in [4.69, 9.17) is 15.2 Å². The first kappa shape index (κ1) is 12.7. The quantitative estimate of drug-likeness (QED) is 0.922. The number of ether oxygens (including phenoxy) is 2. The Bertz CT molecular complexity index is 616. The molecule has 3 rings (SSSR count). The molecule has 0 amide bonds. The number of hydrogen-bond acceptors (Lipinski definition) is 5. The van der Waals surface area contributed by atoms with Crippen LogP contribution >= 0.6 is 0 Å². The number of aromatic nitrogens is 2. The van der Waals surface area contributed by atoms with Crippen LogP contribution in [-0.2, 0) is 12.8 Å². The number of para-hydroxylation sites is 1. The van der Waals surface area contributed by atoms with Gasteiger partial charge >= 0.3 is 0 Å². The second-order valence-electron chi connectivity index (χ2n) is 4.94. The molecule has 1 atom stereocenters. The molecule has 1 aromatic heterocycles. The summed E-state index contributed by atoms with van der Waals surface area (Å²) in [6.07, 6.45) is 3.48. The van der Waals surface area contributed by atoms with Crippen molar-refractivity contribution in [3.8, 4) is 11.5 Å². The van der Waals surface area contributed by atoms with E-state index in [-0.39, 0.29) is 0 Å². The minimum Gasteiger partial charge on any atom is -0.493 e. The van der Waals surface area contributed by atoms with Crippen LogP contribution in [0.25, 0.3) is 0 Å². The summed E-state index contributed by atoms with van der Waals surface area (Å²) in [7, 11) is 1.66. The Morgan fingerprint density at radius 3 is 3.10 bits per heavy atom. The first-order chi connectivity index (χ1) is 9.76. The van der Waals surface area contributed by atoms with Crippen LogP contribution in [0, 0.1) is 5.92 Å². The lowest BCUT2D eigenvalue weighted by Crippen LogP contribution is -2.23. The van der Waals surface area contributed by atoms with E-state index in [1.54, 1.807) is 13.3 Å². The monoisotopic (exact) mass is 271 g/mol. The summed E-state index contributed by atoms with van der Waals surface area (Å²) in [4.78, 5) is 8.15. The van der Waals surface area contributed by atoms with E-state index < -0.39 is 0 Å². The van der Waals surface area contributed by atoms with E-state index in [0.717, 1.165) is 30.0 Å². The van der Waals surface area contributed by atoms with Gasteiger partial charge in [-0.25, -0.2) is 9.97 Å². The van der Waals surface area contributed by atoms with Crippen molar-refractivity contribution in [2.45, 2.75) is 12.8 Å². The van der Waals surface area contributed by atoms with E-state index in [2.05, 4.69) is 16.0 Å². The van der Waals surface area contributed by atoms with Gasteiger partial charge in [-0.2, -0.15) is 0 Å². The predicted molar refractivity (Wildman–Crippen MR) is 75.8 cm³/mol. The number of fused-ring (bicyclic) bond motifs is 1. The smallest absolute Gasteiger partial charge is 0.220 e. The van der Waals surface area contributed by atoms with E-state index >= 15 is 0 Å². The topological polar surface area (TPSA) is 70.3 Å². The summed E-state index contributed by atoms with van der Waals surface area (Å²) < 4.78 is 11.2. The minimum atomic E-state index is 0.321. The highest BCUT2D eigenvalue weighted by molar-refractivity contribution is 5.47. The summed E-state index contributed by atoms with van der Waals surface area (Å²) in [5.74, 6) is 2.38. The number of nitrogens with zero attached hydrogens (tertiary/aromatic N) is 2. The molecule has 0 bridgehead atoms. The highest BCUT2D eigenvalue weighted by Gasteiger charge is 2.23. The zero-order valence-corrected chi connectivity index (χ0v) is 11.4. The molecule has 0 radical (unpaired) electrons. The number of rotatable bonds is 3. The van der Waals surface area contributed by atoms with E-state index in [0.29, 0.717) is 18.5 Å². The van der Waals surface area contributed by atoms with Gasteiger partial charge in [0.1, 0.15) is 0 Å². The molecule has 20 heavy (non-hydrogen) atoms. The van der Waals surface area contributed by atoms with Crippen LogP contribution in [0.4, 0.5) is 5.95 Å².